The number of nitrogens with zero attached hydrogens (tertiary/aromatic N) is 3. The summed E-state index contributed by atoms with van der Waals surface area (Å²) in [5, 5.41) is 2.67. The van der Waals surface area contributed by atoms with Gasteiger partial charge in [0.1, 0.15) is 17.2 Å². The second-order valence-electron chi connectivity index (χ2n) is 3.34. The van der Waals surface area contributed by atoms with E-state index in [0.717, 1.165) is 17.0 Å². The van der Waals surface area contributed by atoms with E-state index >= 15 is 0 Å². The van der Waals surface area contributed by atoms with Crippen LogP contribution < -0.4 is 5.32 Å². The van der Waals surface area contributed by atoms with Crippen LogP contribution in [0.25, 0.3) is 11.2 Å². The van der Waals surface area contributed by atoms with E-state index in [9.17, 15) is 4.79 Å². The van der Waals surface area contributed by atoms with Crippen LogP contribution in [0.4, 0.5) is 0 Å². The Hall–Kier alpha value is -1.62. The monoisotopic (exact) mass is 238 g/mol. The Bertz CT molecular complexity index is 523. The maximum absolute atomic E-state index is 11.0. The fraction of sp³-hybridized carbons (Fsp3) is 0.300. The summed E-state index contributed by atoms with van der Waals surface area (Å²) in [7, 11) is 1.87. The second kappa shape index (κ2) is 4.49. The molecule has 84 valence electrons. The molecule has 0 aliphatic rings. The molecule has 5 nitrogen and oxygen atoms in total. The zero-order valence-corrected chi connectivity index (χ0v) is 9.53. The summed E-state index contributed by atoms with van der Waals surface area (Å²) in [5.41, 5.74) is 1.62. The first kappa shape index (κ1) is 10.9. The minimum absolute atomic E-state index is 0.0395. The molecule has 16 heavy (non-hydrogen) atoms. The molecule has 0 aliphatic heterocycles. The van der Waals surface area contributed by atoms with E-state index in [1.807, 2.05) is 23.7 Å². The summed E-state index contributed by atoms with van der Waals surface area (Å²) in [5.74, 6) is 0.510. The van der Waals surface area contributed by atoms with Gasteiger partial charge in [-0.3, -0.25) is 4.79 Å². The van der Waals surface area contributed by atoms with Crippen molar-refractivity contribution in [3.05, 3.63) is 24.2 Å². The highest BCUT2D eigenvalue weighted by Crippen LogP contribution is 2.10. The Morgan fingerprint density at radius 2 is 2.44 bits per heavy atom. The van der Waals surface area contributed by atoms with Crippen molar-refractivity contribution in [2.24, 2.45) is 7.05 Å². The Labute approximate surface area is 97.4 Å². The molecule has 0 unspecified atom stereocenters. The second-order valence-corrected chi connectivity index (χ2v) is 3.61. The van der Waals surface area contributed by atoms with Crippen LogP contribution in [-0.2, 0) is 18.4 Å². The largest absolute Gasteiger partial charge is 0.348 e. The molecule has 0 saturated heterocycles. The van der Waals surface area contributed by atoms with E-state index < -0.39 is 0 Å². The molecule has 2 rings (SSSR count). The van der Waals surface area contributed by atoms with Crippen molar-refractivity contribution >= 4 is 28.7 Å². The van der Waals surface area contributed by atoms with Crippen molar-refractivity contribution in [1.82, 2.24) is 19.9 Å². The molecule has 0 bridgehead atoms. The summed E-state index contributed by atoms with van der Waals surface area (Å²) >= 11 is 5.39. The molecule has 0 saturated carbocycles. The summed E-state index contributed by atoms with van der Waals surface area (Å²) < 4.78 is 1.85. The SMILES string of the molecule is Cn1c(CNC(=O)CCl)nc2cccnc21. The summed E-state index contributed by atoms with van der Waals surface area (Å²) in [6, 6.07) is 3.71. The average Bonchev–Trinajstić information content (AvgIpc) is 2.64. The number of hydrogen-bond donors (Lipinski definition) is 1. The minimum atomic E-state index is -0.207. The Balaban J connectivity index is 2.24. The smallest absolute Gasteiger partial charge is 0.235 e. The number of carbonyl (C=O) groups excluding carboxylic acids is 1. The van der Waals surface area contributed by atoms with Crippen LogP contribution in [0.2, 0.25) is 0 Å². The number of carbonyl (C=O) groups is 1. The predicted octanol–water partition coefficient (Wildman–Crippen LogP) is 0.823. The number of rotatable bonds is 3. The zero-order chi connectivity index (χ0) is 11.5. The maximum atomic E-state index is 11.0. The van der Waals surface area contributed by atoms with E-state index in [-0.39, 0.29) is 11.8 Å². The number of alkyl halides is 1. The third-order valence-corrected chi connectivity index (χ3v) is 2.53. The van der Waals surface area contributed by atoms with E-state index in [4.69, 9.17) is 11.6 Å². The zero-order valence-electron chi connectivity index (χ0n) is 8.77. The molecular weight excluding hydrogens is 228 g/mol. The molecule has 0 fully saturated rings. The lowest BCUT2D eigenvalue weighted by molar-refractivity contribution is -0.118. The van der Waals surface area contributed by atoms with Crippen molar-refractivity contribution in [2.45, 2.75) is 6.54 Å². The number of aryl methyl sites for hydroxylation is 1. The van der Waals surface area contributed by atoms with Crippen molar-refractivity contribution in [2.75, 3.05) is 5.88 Å². The average molecular weight is 239 g/mol. The van der Waals surface area contributed by atoms with Crippen LogP contribution in [0.15, 0.2) is 18.3 Å². The molecule has 2 heterocycles. The Morgan fingerprint density at radius 3 is 3.12 bits per heavy atom. The Kier molecular flexibility index (Phi) is 3.05. The van der Waals surface area contributed by atoms with E-state index in [1.165, 1.54) is 0 Å². The molecule has 1 N–H and O–H groups in total. The first-order chi connectivity index (χ1) is 7.72. The van der Waals surface area contributed by atoms with Gasteiger partial charge in [-0.2, -0.15) is 0 Å². The van der Waals surface area contributed by atoms with Crippen LogP contribution in [-0.4, -0.2) is 26.3 Å². The maximum Gasteiger partial charge on any atom is 0.235 e. The van der Waals surface area contributed by atoms with Gasteiger partial charge in [0, 0.05) is 13.2 Å². The summed E-state index contributed by atoms with van der Waals surface area (Å²) in [4.78, 5) is 19.6. The third kappa shape index (κ3) is 1.99. The first-order valence-corrected chi connectivity index (χ1v) is 5.35. The van der Waals surface area contributed by atoms with Gasteiger partial charge in [-0.25, -0.2) is 9.97 Å². The van der Waals surface area contributed by atoms with Crippen molar-refractivity contribution in [1.29, 1.82) is 0 Å². The van der Waals surface area contributed by atoms with Gasteiger partial charge in [-0.15, -0.1) is 11.6 Å². The van der Waals surface area contributed by atoms with Crippen LogP contribution in [0.3, 0.4) is 0 Å². The molecule has 0 aliphatic carbocycles. The van der Waals surface area contributed by atoms with Gasteiger partial charge in [0.15, 0.2) is 5.65 Å². The highest BCUT2D eigenvalue weighted by Gasteiger charge is 2.08. The van der Waals surface area contributed by atoms with Gasteiger partial charge in [-0.05, 0) is 12.1 Å². The lowest BCUT2D eigenvalue weighted by Crippen LogP contribution is -2.25. The van der Waals surface area contributed by atoms with E-state index in [2.05, 4.69) is 15.3 Å². The topological polar surface area (TPSA) is 59.8 Å². The van der Waals surface area contributed by atoms with Crippen LogP contribution in [0.5, 0.6) is 0 Å². The number of halogens is 1. The number of hydrogen-bond acceptors (Lipinski definition) is 3. The molecule has 1 amide bonds. The standard InChI is InChI=1S/C10H11ClN4O/c1-15-8(6-13-9(16)5-11)14-7-3-2-4-12-10(7)15/h2-4H,5-6H2,1H3,(H,13,16). The molecule has 2 aromatic heterocycles. The van der Waals surface area contributed by atoms with Gasteiger partial charge in [0.25, 0.3) is 0 Å². The number of amides is 1. The summed E-state index contributed by atoms with van der Waals surface area (Å²) in [6.45, 7) is 0.360. The van der Waals surface area contributed by atoms with Crippen molar-refractivity contribution < 1.29 is 4.79 Å². The number of aromatic nitrogens is 3. The lowest BCUT2D eigenvalue weighted by atomic mass is 10.4. The summed E-state index contributed by atoms with van der Waals surface area (Å²) in [6.07, 6.45) is 1.71. The number of fused-ring (bicyclic) bond motifs is 1. The minimum Gasteiger partial charge on any atom is -0.348 e. The highest BCUT2D eigenvalue weighted by atomic mass is 35.5. The van der Waals surface area contributed by atoms with Crippen LogP contribution in [0, 0.1) is 0 Å². The molecule has 6 heteroatoms. The van der Waals surface area contributed by atoms with Crippen molar-refractivity contribution in [3.8, 4) is 0 Å². The quantitative estimate of drug-likeness (QED) is 0.806. The molecule has 0 aromatic carbocycles. The van der Waals surface area contributed by atoms with Gasteiger partial charge < -0.3 is 9.88 Å². The number of pyridine rings is 1. The molecular formula is C10H11ClN4O. The third-order valence-electron chi connectivity index (χ3n) is 2.29. The molecule has 2 aromatic rings. The Morgan fingerprint density at radius 1 is 1.62 bits per heavy atom. The first-order valence-electron chi connectivity index (χ1n) is 4.81. The van der Waals surface area contributed by atoms with Gasteiger partial charge in [-0.1, -0.05) is 0 Å². The van der Waals surface area contributed by atoms with Gasteiger partial charge >= 0.3 is 0 Å². The molecule has 0 atom stereocenters. The molecule has 0 radical (unpaired) electrons. The highest BCUT2D eigenvalue weighted by molar-refractivity contribution is 6.27. The van der Waals surface area contributed by atoms with Crippen molar-refractivity contribution in [3.63, 3.8) is 0 Å². The fourth-order valence-electron chi connectivity index (χ4n) is 1.45. The van der Waals surface area contributed by atoms with Crippen LogP contribution in [0.1, 0.15) is 5.82 Å². The lowest BCUT2D eigenvalue weighted by Gasteiger charge is -2.02. The van der Waals surface area contributed by atoms with Gasteiger partial charge in [0.05, 0.1) is 6.54 Å². The number of imidazole rings is 1. The molecule has 0 spiro atoms. The van der Waals surface area contributed by atoms with E-state index in [1.54, 1.807) is 6.20 Å². The van der Waals surface area contributed by atoms with E-state index in [0.29, 0.717) is 6.54 Å². The predicted molar refractivity (Wildman–Crippen MR) is 61.1 cm³/mol. The normalized spacial score (nSPS) is 10.6. The van der Waals surface area contributed by atoms with Crippen LogP contribution >= 0.6 is 11.6 Å². The van der Waals surface area contributed by atoms with Gasteiger partial charge in [0.2, 0.25) is 5.91 Å². The number of nitrogens with one attached hydrogen (secondary N) is 1. The fourth-order valence-corrected chi connectivity index (χ4v) is 1.55.